The smallest absolute Gasteiger partial charge is 0.317 e. The van der Waals surface area contributed by atoms with Gasteiger partial charge in [-0.2, -0.15) is 0 Å². The van der Waals surface area contributed by atoms with Gasteiger partial charge in [-0.3, -0.25) is 9.59 Å². The number of urea groups is 1. The number of carbonyl (C=O) groups excluding carboxylic acids is 2. The topological polar surface area (TPSA) is 98.7 Å². The Balaban J connectivity index is 2.07. The van der Waals surface area contributed by atoms with E-state index in [1.165, 1.54) is 24.2 Å². The molecule has 0 unspecified atom stereocenters. The summed E-state index contributed by atoms with van der Waals surface area (Å²) in [6, 6.07) is -0.331. The monoisotopic (exact) mass is 313 g/mol. The molecule has 0 heterocycles. The predicted molar refractivity (Wildman–Crippen MR) is 82.5 cm³/mol. The molecule has 7 heteroatoms. The summed E-state index contributed by atoms with van der Waals surface area (Å²) in [5.41, 5.74) is 0. The molecule has 3 N–H and O–H groups in total. The van der Waals surface area contributed by atoms with E-state index in [1.807, 2.05) is 0 Å². The first-order valence-corrected chi connectivity index (χ1v) is 7.96. The second-order valence-corrected chi connectivity index (χ2v) is 5.86. The van der Waals surface area contributed by atoms with Crippen molar-refractivity contribution in [2.45, 2.75) is 44.9 Å². The number of carboxylic acids is 1. The molecule has 126 valence electrons. The van der Waals surface area contributed by atoms with Crippen LogP contribution >= 0.6 is 0 Å². The molecule has 0 bridgehead atoms. The van der Waals surface area contributed by atoms with Gasteiger partial charge in [0.2, 0.25) is 5.91 Å². The van der Waals surface area contributed by atoms with Crippen LogP contribution in [0.5, 0.6) is 0 Å². The van der Waals surface area contributed by atoms with E-state index in [-0.39, 0.29) is 24.9 Å². The van der Waals surface area contributed by atoms with Gasteiger partial charge in [0.05, 0.1) is 6.42 Å². The van der Waals surface area contributed by atoms with Crippen LogP contribution in [0, 0.1) is 5.92 Å². The fourth-order valence-corrected chi connectivity index (χ4v) is 2.60. The third-order valence-corrected chi connectivity index (χ3v) is 3.93. The van der Waals surface area contributed by atoms with Crippen LogP contribution in [-0.4, -0.2) is 54.6 Å². The number of rotatable bonds is 8. The molecule has 1 saturated carbocycles. The molecular formula is C15H27N3O4. The van der Waals surface area contributed by atoms with Gasteiger partial charge in [0.15, 0.2) is 0 Å². The molecule has 1 aliphatic rings. The molecule has 0 atom stereocenters. The van der Waals surface area contributed by atoms with Gasteiger partial charge in [-0.15, -0.1) is 0 Å². The molecule has 7 nitrogen and oxygen atoms in total. The van der Waals surface area contributed by atoms with Crippen molar-refractivity contribution < 1.29 is 19.5 Å². The van der Waals surface area contributed by atoms with E-state index in [1.54, 1.807) is 7.05 Å². The van der Waals surface area contributed by atoms with Crippen molar-refractivity contribution in [1.29, 1.82) is 0 Å². The zero-order valence-electron chi connectivity index (χ0n) is 13.3. The zero-order chi connectivity index (χ0) is 16.4. The van der Waals surface area contributed by atoms with E-state index < -0.39 is 5.97 Å². The molecule has 0 aromatic heterocycles. The number of aliphatic carboxylic acids is 1. The third-order valence-electron chi connectivity index (χ3n) is 3.93. The first-order valence-electron chi connectivity index (χ1n) is 7.96. The van der Waals surface area contributed by atoms with Gasteiger partial charge in [0, 0.05) is 33.1 Å². The molecule has 0 aromatic rings. The number of hydrogen-bond donors (Lipinski definition) is 3. The quantitative estimate of drug-likeness (QED) is 0.586. The van der Waals surface area contributed by atoms with Crippen molar-refractivity contribution in [2.75, 3.05) is 26.7 Å². The SMILES string of the molecule is CN(CCC(=O)O)C(=O)NCCNC(=O)CC1CCCCC1. The second-order valence-electron chi connectivity index (χ2n) is 5.86. The summed E-state index contributed by atoms with van der Waals surface area (Å²) in [7, 11) is 1.54. The van der Waals surface area contributed by atoms with Crippen molar-refractivity contribution in [2.24, 2.45) is 5.92 Å². The van der Waals surface area contributed by atoms with Gasteiger partial charge in [0.25, 0.3) is 0 Å². The van der Waals surface area contributed by atoms with Crippen LogP contribution in [0.3, 0.4) is 0 Å². The largest absolute Gasteiger partial charge is 0.481 e. The maximum absolute atomic E-state index is 11.8. The van der Waals surface area contributed by atoms with E-state index in [2.05, 4.69) is 10.6 Å². The summed E-state index contributed by atoms with van der Waals surface area (Å²) in [4.78, 5) is 35.1. The van der Waals surface area contributed by atoms with E-state index in [9.17, 15) is 14.4 Å². The lowest BCUT2D eigenvalue weighted by molar-refractivity contribution is -0.137. The van der Waals surface area contributed by atoms with Crippen molar-refractivity contribution >= 4 is 17.9 Å². The molecule has 1 aliphatic carbocycles. The van der Waals surface area contributed by atoms with Gasteiger partial charge in [-0.25, -0.2) is 4.79 Å². The number of carbonyl (C=O) groups is 3. The van der Waals surface area contributed by atoms with E-state index in [4.69, 9.17) is 5.11 Å². The number of nitrogens with one attached hydrogen (secondary N) is 2. The molecule has 0 spiro atoms. The van der Waals surface area contributed by atoms with Crippen LogP contribution in [0.2, 0.25) is 0 Å². The van der Waals surface area contributed by atoms with E-state index >= 15 is 0 Å². The standard InChI is InChI=1S/C15H27N3O4/c1-18(10-7-14(20)21)15(22)17-9-8-16-13(19)11-12-5-3-2-4-6-12/h12H,2-11H2,1H3,(H,16,19)(H,17,22)(H,20,21). The Labute approximate surface area is 131 Å². The maximum Gasteiger partial charge on any atom is 0.317 e. The minimum atomic E-state index is -0.936. The van der Waals surface area contributed by atoms with Gasteiger partial charge in [-0.05, 0) is 18.8 Å². The molecule has 1 fully saturated rings. The molecule has 1 rings (SSSR count). The lowest BCUT2D eigenvalue weighted by Crippen LogP contribution is -2.42. The molecule has 22 heavy (non-hydrogen) atoms. The Kier molecular flexibility index (Phi) is 8.32. The first-order chi connectivity index (χ1) is 10.5. The average molecular weight is 313 g/mol. The van der Waals surface area contributed by atoms with Crippen molar-refractivity contribution in [3.63, 3.8) is 0 Å². The van der Waals surface area contributed by atoms with Crippen LogP contribution in [-0.2, 0) is 9.59 Å². The highest BCUT2D eigenvalue weighted by atomic mass is 16.4. The Morgan fingerprint density at radius 1 is 1.09 bits per heavy atom. The van der Waals surface area contributed by atoms with E-state index in [0.717, 1.165) is 12.8 Å². The van der Waals surface area contributed by atoms with Crippen LogP contribution in [0.1, 0.15) is 44.9 Å². The lowest BCUT2D eigenvalue weighted by atomic mass is 9.87. The average Bonchev–Trinajstić information content (AvgIpc) is 2.49. The van der Waals surface area contributed by atoms with Gasteiger partial charge >= 0.3 is 12.0 Å². The van der Waals surface area contributed by atoms with Crippen molar-refractivity contribution in [3.8, 4) is 0 Å². The van der Waals surface area contributed by atoms with Crippen LogP contribution in [0.25, 0.3) is 0 Å². The van der Waals surface area contributed by atoms with Crippen LogP contribution in [0.4, 0.5) is 4.79 Å². The fraction of sp³-hybridized carbons (Fsp3) is 0.800. The molecular weight excluding hydrogens is 286 g/mol. The number of nitrogens with zero attached hydrogens (tertiary/aromatic N) is 1. The van der Waals surface area contributed by atoms with Gasteiger partial charge in [-0.1, -0.05) is 19.3 Å². The summed E-state index contributed by atoms with van der Waals surface area (Å²) in [5, 5.41) is 14.0. The maximum atomic E-state index is 11.8. The Hall–Kier alpha value is -1.79. The first kappa shape index (κ1) is 18.3. The van der Waals surface area contributed by atoms with Crippen molar-refractivity contribution in [1.82, 2.24) is 15.5 Å². The number of amides is 3. The molecule has 0 aromatic carbocycles. The van der Waals surface area contributed by atoms with E-state index in [0.29, 0.717) is 25.4 Å². The third kappa shape index (κ3) is 7.85. The fourth-order valence-electron chi connectivity index (χ4n) is 2.60. The van der Waals surface area contributed by atoms with Gasteiger partial charge < -0.3 is 20.6 Å². The minimum absolute atomic E-state index is 0.0420. The summed E-state index contributed by atoms with van der Waals surface area (Å²) in [6.07, 6.45) is 6.48. The Bertz CT molecular complexity index is 381. The second kappa shape index (κ2) is 10.0. The minimum Gasteiger partial charge on any atom is -0.481 e. The number of hydrogen-bond acceptors (Lipinski definition) is 3. The van der Waals surface area contributed by atoms with Crippen LogP contribution < -0.4 is 10.6 Å². The number of carboxylic acid groups (broad SMARTS) is 1. The zero-order valence-corrected chi connectivity index (χ0v) is 13.3. The molecule has 0 saturated heterocycles. The molecule has 0 aliphatic heterocycles. The van der Waals surface area contributed by atoms with Crippen molar-refractivity contribution in [3.05, 3.63) is 0 Å². The van der Waals surface area contributed by atoms with Gasteiger partial charge in [0.1, 0.15) is 0 Å². The lowest BCUT2D eigenvalue weighted by Gasteiger charge is -2.21. The highest BCUT2D eigenvalue weighted by Gasteiger charge is 2.16. The summed E-state index contributed by atoms with van der Waals surface area (Å²) in [5.74, 6) is -0.388. The summed E-state index contributed by atoms with van der Waals surface area (Å²) >= 11 is 0. The molecule has 3 amide bonds. The highest BCUT2D eigenvalue weighted by Crippen LogP contribution is 2.25. The highest BCUT2D eigenvalue weighted by molar-refractivity contribution is 5.76. The summed E-state index contributed by atoms with van der Waals surface area (Å²) < 4.78 is 0. The summed E-state index contributed by atoms with van der Waals surface area (Å²) in [6.45, 7) is 0.895. The Morgan fingerprint density at radius 2 is 1.73 bits per heavy atom. The predicted octanol–water partition coefficient (Wildman–Crippen LogP) is 1.19. The Morgan fingerprint density at radius 3 is 2.36 bits per heavy atom. The normalized spacial score (nSPS) is 15.1. The molecule has 0 radical (unpaired) electrons. The van der Waals surface area contributed by atoms with Crippen LogP contribution in [0.15, 0.2) is 0 Å².